The van der Waals surface area contributed by atoms with Gasteiger partial charge in [0.25, 0.3) is 0 Å². The van der Waals surface area contributed by atoms with Gasteiger partial charge in [-0.2, -0.15) is 0 Å². The van der Waals surface area contributed by atoms with Crippen molar-refractivity contribution in [3.8, 4) is 34.1 Å². The van der Waals surface area contributed by atoms with Gasteiger partial charge >= 0.3 is 0 Å². The first-order valence-corrected chi connectivity index (χ1v) is 11.8. The monoisotopic (exact) mass is 446 g/mol. The summed E-state index contributed by atoms with van der Waals surface area (Å²) in [5.74, 6) is 3.19. The standard InChI is InChI=1S/C27H30N2O4/c1-30-23-13-19-16-29(11-5-10-28-8-3-4-9-28)27-20(21(19)14-24(23)31-2)7-6-18-12-25-26(15-22(18)27)33-17-32-25/h6-7,12-15H,3-5,8-11,16-17H2,1-2H3. The van der Waals surface area contributed by atoms with Crippen molar-refractivity contribution in [2.24, 2.45) is 0 Å². The Labute approximate surface area is 194 Å². The number of hydrogen-bond acceptors (Lipinski definition) is 6. The van der Waals surface area contributed by atoms with Gasteiger partial charge in [0.05, 0.1) is 19.9 Å². The minimum atomic E-state index is 0.285. The molecule has 6 nitrogen and oxygen atoms in total. The Hall–Kier alpha value is -3.12. The number of rotatable bonds is 6. The van der Waals surface area contributed by atoms with Crippen molar-refractivity contribution in [2.45, 2.75) is 25.8 Å². The molecular weight excluding hydrogens is 416 g/mol. The molecule has 3 aromatic carbocycles. The van der Waals surface area contributed by atoms with Gasteiger partial charge in [0.2, 0.25) is 6.79 Å². The summed E-state index contributed by atoms with van der Waals surface area (Å²) in [4.78, 5) is 5.12. The fraction of sp³-hybridized carbons (Fsp3) is 0.407. The van der Waals surface area contributed by atoms with Gasteiger partial charge in [-0.15, -0.1) is 0 Å². The lowest BCUT2D eigenvalue weighted by molar-refractivity contribution is 0.174. The molecule has 0 amide bonds. The Bertz CT molecular complexity index is 1200. The van der Waals surface area contributed by atoms with E-state index in [-0.39, 0.29) is 6.79 Å². The number of likely N-dealkylation sites (tertiary alicyclic amines) is 1. The first kappa shape index (κ1) is 20.5. The average Bonchev–Trinajstić information content (AvgIpc) is 3.53. The first-order chi connectivity index (χ1) is 16.2. The zero-order valence-corrected chi connectivity index (χ0v) is 19.4. The second kappa shape index (κ2) is 8.34. The highest BCUT2D eigenvalue weighted by Crippen LogP contribution is 2.49. The molecule has 3 aliphatic heterocycles. The number of anilines is 1. The lowest BCUT2D eigenvalue weighted by Gasteiger charge is -2.35. The number of hydrogen-bond donors (Lipinski definition) is 0. The zero-order chi connectivity index (χ0) is 22.4. The minimum absolute atomic E-state index is 0.285. The largest absolute Gasteiger partial charge is 0.493 e. The number of methoxy groups -OCH3 is 2. The predicted octanol–water partition coefficient (Wildman–Crippen LogP) is 5.06. The molecule has 3 aromatic rings. The van der Waals surface area contributed by atoms with Gasteiger partial charge in [0.15, 0.2) is 23.0 Å². The van der Waals surface area contributed by atoms with E-state index in [0.717, 1.165) is 49.1 Å². The van der Waals surface area contributed by atoms with E-state index in [1.807, 2.05) is 0 Å². The van der Waals surface area contributed by atoms with Crippen LogP contribution in [0.4, 0.5) is 5.69 Å². The summed E-state index contributed by atoms with van der Waals surface area (Å²) in [5.41, 5.74) is 4.97. The van der Waals surface area contributed by atoms with Gasteiger partial charge in [-0.1, -0.05) is 12.1 Å². The van der Waals surface area contributed by atoms with E-state index in [1.54, 1.807) is 14.2 Å². The predicted molar refractivity (Wildman–Crippen MR) is 130 cm³/mol. The van der Waals surface area contributed by atoms with Crippen molar-refractivity contribution >= 4 is 16.5 Å². The van der Waals surface area contributed by atoms with Gasteiger partial charge in [-0.25, -0.2) is 0 Å². The van der Waals surface area contributed by atoms with Gasteiger partial charge in [0, 0.05) is 24.0 Å². The lowest BCUT2D eigenvalue weighted by atomic mass is 9.89. The summed E-state index contributed by atoms with van der Waals surface area (Å²) in [6.07, 6.45) is 3.81. The van der Waals surface area contributed by atoms with Crippen LogP contribution < -0.4 is 23.8 Å². The van der Waals surface area contributed by atoms with Gasteiger partial charge in [-0.3, -0.25) is 0 Å². The van der Waals surface area contributed by atoms with E-state index in [4.69, 9.17) is 18.9 Å². The Balaban J connectivity index is 1.45. The quantitative estimate of drug-likeness (QED) is 0.527. The number of fused-ring (bicyclic) bond motifs is 6. The molecule has 1 fully saturated rings. The molecule has 3 aliphatic rings. The molecule has 0 radical (unpaired) electrons. The van der Waals surface area contributed by atoms with Gasteiger partial charge < -0.3 is 28.7 Å². The normalized spacial score (nSPS) is 16.7. The van der Waals surface area contributed by atoms with Gasteiger partial charge in [-0.05, 0) is 79.7 Å². The maximum atomic E-state index is 5.73. The van der Waals surface area contributed by atoms with Gasteiger partial charge in [0.1, 0.15) is 0 Å². The van der Waals surface area contributed by atoms with Crippen molar-refractivity contribution in [1.82, 2.24) is 4.90 Å². The third kappa shape index (κ3) is 3.53. The molecule has 6 rings (SSSR count). The molecule has 0 N–H and O–H groups in total. The van der Waals surface area contributed by atoms with Crippen LogP contribution in [-0.4, -0.2) is 52.1 Å². The van der Waals surface area contributed by atoms with Crippen LogP contribution in [0.2, 0.25) is 0 Å². The third-order valence-electron chi connectivity index (χ3n) is 7.16. The van der Waals surface area contributed by atoms with E-state index >= 15 is 0 Å². The smallest absolute Gasteiger partial charge is 0.231 e. The Morgan fingerprint density at radius 1 is 0.848 bits per heavy atom. The highest BCUT2D eigenvalue weighted by Gasteiger charge is 2.27. The van der Waals surface area contributed by atoms with E-state index in [0.29, 0.717) is 0 Å². The van der Waals surface area contributed by atoms with Crippen LogP contribution in [-0.2, 0) is 6.54 Å². The van der Waals surface area contributed by atoms with Crippen molar-refractivity contribution in [3.05, 3.63) is 42.0 Å². The molecule has 0 aliphatic carbocycles. The summed E-state index contributed by atoms with van der Waals surface area (Å²) in [5, 5.41) is 2.38. The number of nitrogens with zero attached hydrogens (tertiary/aromatic N) is 2. The van der Waals surface area contributed by atoms with Crippen molar-refractivity contribution < 1.29 is 18.9 Å². The van der Waals surface area contributed by atoms with Crippen LogP contribution >= 0.6 is 0 Å². The van der Waals surface area contributed by atoms with Crippen LogP contribution in [0.3, 0.4) is 0 Å². The van der Waals surface area contributed by atoms with E-state index < -0.39 is 0 Å². The second-order valence-electron chi connectivity index (χ2n) is 9.08. The second-order valence-corrected chi connectivity index (χ2v) is 9.08. The van der Waals surface area contributed by atoms with Crippen LogP contribution in [0.5, 0.6) is 23.0 Å². The number of ether oxygens (including phenoxy) is 4. The first-order valence-electron chi connectivity index (χ1n) is 11.8. The molecule has 6 heteroatoms. The highest BCUT2D eigenvalue weighted by molar-refractivity contribution is 6.05. The van der Waals surface area contributed by atoms with Crippen LogP contribution in [0.25, 0.3) is 21.9 Å². The molecule has 0 bridgehead atoms. The SMILES string of the molecule is COc1cc2c(cc1OC)-c1ccc3cc4c(cc3c1N(CCCN1CCCC1)C2)OCO4. The molecule has 172 valence electrons. The molecule has 0 aromatic heterocycles. The van der Waals surface area contributed by atoms with E-state index in [9.17, 15) is 0 Å². The van der Waals surface area contributed by atoms with Crippen molar-refractivity contribution in [2.75, 3.05) is 52.1 Å². The average molecular weight is 447 g/mol. The molecular formula is C27H30N2O4. The summed E-state index contributed by atoms with van der Waals surface area (Å²) < 4.78 is 22.6. The van der Waals surface area contributed by atoms with Crippen molar-refractivity contribution in [1.29, 1.82) is 0 Å². The Morgan fingerprint density at radius 3 is 2.39 bits per heavy atom. The van der Waals surface area contributed by atoms with Crippen LogP contribution in [0.15, 0.2) is 36.4 Å². The van der Waals surface area contributed by atoms with Crippen molar-refractivity contribution in [3.63, 3.8) is 0 Å². The lowest BCUT2D eigenvalue weighted by Crippen LogP contribution is -2.31. The Kier molecular flexibility index (Phi) is 5.18. The van der Waals surface area contributed by atoms with Crippen LogP contribution in [0, 0.1) is 0 Å². The third-order valence-corrected chi connectivity index (χ3v) is 7.16. The molecule has 1 saturated heterocycles. The zero-order valence-electron chi connectivity index (χ0n) is 19.4. The summed E-state index contributed by atoms with van der Waals surface area (Å²) in [7, 11) is 3.39. The molecule has 33 heavy (non-hydrogen) atoms. The fourth-order valence-corrected chi connectivity index (χ4v) is 5.53. The topological polar surface area (TPSA) is 43.4 Å². The summed E-state index contributed by atoms with van der Waals surface area (Å²) >= 11 is 0. The molecule has 0 atom stereocenters. The molecule has 3 heterocycles. The number of benzene rings is 3. The van der Waals surface area contributed by atoms with Crippen LogP contribution in [0.1, 0.15) is 24.8 Å². The molecule has 0 unspecified atom stereocenters. The minimum Gasteiger partial charge on any atom is -0.493 e. The van der Waals surface area contributed by atoms with E-state index in [2.05, 4.69) is 46.2 Å². The summed E-state index contributed by atoms with van der Waals surface area (Å²) in [6, 6.07) is 12.9. The molecule has 0 saturated carbocycles. The molecule has 0 spiro atoms. The summed E-state index contributed by atoms with van der Waals surface area (Å²) in [6.45, 7) is 5.77. The Morgan fingerprint density at radius 2 is 1.61 bits per heavy atom. The van der Waals surface area contributed by atoms with E-state index in [1.165, 1.54) is 59.1 Å². The fourth-order valence-electron chi connectivity index (χ4n) is 5.53. The maximum absolute atomic E-state index is 5.73. The maximum Gasteiger partial charge on any atom is 0.231 e. The highest BCUT2D eigenvalue weighted by atomic mass is 16.7.